The average Bonchev–Trinajstić information content (AvgIpc) is 3.11. The summed E-state index contributed by atoms with van der Waals surface area (Å²) in [5.41, 5.74) is 3.88. The van der Waals surface area contributed by atoms with Crippen molar-refractivity contribution in [3.8, 4) is 5.69 Å². The van der Waals surface area contributed by atoms with Gasteiger partial charge in [0.25, 0.3) is 5.91 Å². The molecule has 4 aromatic rings. The van der Waals surface area contributed by atoms with E-state index in [1.807, 2.05) is 54.8 Å². The molecule has 0 saturated heterocycles. The van der Waals surface area contributed by atoms with Crippen LogP contribution in [0.15, 0.2) is 84.9 Å². The minimum absolute atomic E-state index is 0.379. The van der Waals surface area contributed by atoms with Crippen LogP contribution in [-0.2, 0) is 9.53 Å². The normalized spacial score (nSPS) is 11.6. The Labute approximate surface area is 207 Å². The molecule has 1 unspecified atom stereocenters. The first-order valence-corrected chi connectivity index (χ1v) is 11.4. The molecule has 7 heteroatoms. The van der Waals surface area contributed by atoms with Gasteiger partial charge in [-0.25, -0.2) is 4.79 Å². The van der Waals surface area contributed by atoms with E-state index in [0.29, 0.717) is 26.9 Å². The lowest BCUT2D eigenvalue weighted by Crippen LogP contribution is -2.26. The van der Waals surface area contributed by atoms with Gasteiger partial charge in [-0.3, -0.25) is 4.79 Å². The van der Waals surface area contributed by atoms with Crippen LogP contribution in [0.1, 0.15) is 33.4 Å². The smallest absolute Gasteiger partial charge is 0.341 e. The molecule has 172 valence electrons. The topological polar surface area (TPSA) is 60.3 Å². The van der Waals surface area contributed by atoms with E-state index in [-0.39, 0.29) is 0 Å². The third kappa shape index (κ3) is 5.16. The number of aryl methyl sites for hydroxylation is 1. The molecular weight excluding hydrogens is 471 g/mol. The largest absolute Gasteiger partial charge is 0.444 e. The van der Waals surface area contributed by atoms with Crippen LogP contribution >= 0.6 is 23.2 Å². The molecule has 0 fully saturated rings. The van der Waals surface area contributed by atoms with Gasteiger partial charge in [0.05, 0.1) is 5.56 Å². The number of amides is 1. The van der Waals surface area contributed by atoms with Gasteiger partial charge in [-0.1, -0.05) is 71.7 Å². The molecule has 34 heavy (non-hydrogen) atoms. The predicted molar refractivity (Wildman–Crippen MR) is 135 cm³/mol. The summed E-state index contributed by atoms with van der Waals surface area (Å²) in [7, 11) is 0. The lowest BCUT2D eigenvalue weighted by Gasteiger charge is -2.18. The van der Waals surface area contributed by atoms with E-state index in [0.717, 1.165) is 17.1 Å². The average molecular weight is 493 g/mol. The molecule has 1 N–H and O–H groups in total. The van der Waals surface area contributed by atoms with Crippen LogP contribution < -0.4 is 5.32 Å². The van der Waals surface area contributed by atoms with Crippen molar-refractivity contribution in [2.75, 3.05) is 5.32 Å². The second kappa shape index (κ2) is 10.2. The number of halogens is 2. The number of rotatable bonds is 6. The first-order valence-electron chi connectivity index (χ1n) is 10.6. The molecule has 0 aliphatic heterocycles. The van der Waals surface area contributed by atoms with E-state index in [1.54, 1.807) is 48.5 Å². The monoisotopic (exact) mass is 492 g/mol. The molecule has 0 bridgehead atoms. The van der Waals surface area contributed by atoms with Gasteiger partial charge in [0.1, 0.15) is 0 Å². The lowest BCUT2D eigenvalue weighted by atomic mass is 10.1. The van der Waals surface area contributed by atoms with Crippen LogP contribution in [0.5, 0.6) is 0 Å². The fraction of sp³-hybridized carbons (Fsp3) is 0.111. The Morgan fingerprint density at radius 2 is 1.44 bits per heavy atom. The highest BCUT2D eigenvalue weighted by atomic mass is 35.5. The van der Waals surface area contributed by atoms with Crippen molar-refractivity contribution in [2.45, 2.75) is 20.0 Å². The van der Waals surface area contributed by atoms with Crippen molar-refractivity contribution >= 4 is 40.8 Å². The van der Waals surface area contributed by atoms with E-state index in [1.165, 1.54) is 0 Å². The summed E-state index contributed by atoms with van der Waals surface area (Å²) in [5.74, 6) is -1.11. The third-order valence-electron chi connectivity index (χ3n) is 5.36. The van der Waals surface area contributed by atoms with Crippen molar-refractivity contribution in [1.82, 2.24) is 4.57 Å². The molecule has 0 radical (unpaired) electrons. The Morgan fingerprint density at radius 1 is 0.853 bits per heavy atom. The van der Waals surface area contributed by atoms with Gasteiger partial charge in [-0.15, -0.1) is 0 Å². The maximum absolute atomic E-state index is 13.3. The standard InChI is InChI=1S/C27H22Cl2N2O3/c1-17-13-24(18(2)31(17)23-11-7-4-8-12-23)27(33)34-25(19-9-5-3-6-10-19)26(32)30-22-15-20(28)14-21(29)16-22/h3-16,25H,1-2H3,(H,30,32). The van der Waals surface area contributed by atoms with Gasteiger partial charge < -0.3 is 14.6 Å². The number of ether oxygens (including phenoxy) is 1. The van der Waals surface area contributed by atoms with E-state index in [2.05, 4.69) is 5.32 Å². The Bertz CT molecular complexity index is 1310. The molecule has 1 amide bonds. The first-order chi connectivity index (χ1) is 16.3. The van der Waals surface area contributed by atoms with Crippen LogP contribution in [0.4, 0.5) is 5.69 Å². The van der Waals surface area contributed by atoms with Crippen molar-refractivity contribution in [2.24, 2.45) is 0 Å². The van der Waals surface area contributed by atoms with E-state index < -0.39 is 18.0 Å². The molecule has 0 aliphatic rings. The number of anilines is 1. The number of carbonyl (C=O) groups is 2. The third-order valence-corrected chi connectivity index (χ3v) is 5.80. The zero-order valence-electron chi connectivity index (χ0n) is 18.6. The summed E-state index contributed by atoms with van der Waals surface area (Å²) >= 11 is 12.1. The number of hydrogen-bond acceptors (Lipinski definition) is 3. The summed E-state index contributed by atoms with van der Waals surface area (Å²) in [6.07, 6.45) is -1.17. The quantitative estimate of drug-likeness (QED) is 0.296. The number of hydrogen-bond donors (Lipinski definition) is 1. The number of nitrogens with one attached hydrogen (secondary N) is 1. The Balaban J connectivity index is 1.64. The first kappa shape index (κ1) is 23.6. The van der Waals surface area contributed by atoms with E-state index in [9.17, 15) is 9.59 Å². The lowest BCUT2D eigenvalue weighted by molar-refractivity contribution is -0.125. The zero-order valence-corrected chi connectivity index (χ0v) is 20.1. The van der Waals surface area contributed by atoms with E-state index in [4.69, 9.17) is 27.9 Å². The van der Waals surface area contributed by atoms with Gasteiger partial charge >= 0.3 is 5.97 Å². The van der Waals surface area contributed by atoms with Crippen molar-refractivity contribution in [1.29, 1.82) is 0 Å². The predicted octanol–water partition coefficient (Wildman–Crippen LogP) is 6.94. The molecule has 1 atom stereocenters. The van der Waals surface area contributed by atoms with Crippen molar-refractivity contribution in [3.63, 3.8) is 0 Å². The second-order valence-electron chi connectivity index (χ2n) is 7.80. The molecule has 1 aromatic heterocycles. The number of esters is 1. The van der Waals surface area contributed by atoms with Crippen LogP contribution in [0.3, 0.4) is 0 Å². The van der Waals surface area contributed by atoms with Crippen LogP contribution in [0, 0.1) is 13.8 Å². The fourth-order valence-electron chi connectivity index (χ4n) is 3.85. The molecule has 3 aromatic carbocycles. The fourth-order valence-corrected chi connectivity index (χ4v) is 4.37. The van der Waals surface area contributed by atoms with Crippen molar-refractivity contribution in [3.05, 3.63) is 117 Å². The number of aromatic nitrogens is 1. The summed E-state index contributed by atoms with van der Waals surface area (Å²) < 4.78 is 7.75. The zero-order chi connectivity index (χ0) is 24.2. The van der Waals surface area contributed by atoms with Crippen LogP contribution in [0.25, 0.3) is 5.69 Å². The van der Waals surface area contributed by atoms with Gasteiger partial charge in [0.15, 0.2) is 0 Å². The molecule has 0 spiro atoms. The molecular formula is C27H22Cl2N2O3. The molecule has 0 saturated carbocycles. The van der Waals surface area contributed by atoms with Crippen LogP contribution in [0.2, 0.25) is 10.0 Å². The summed E-state index contributed by atoms with van der Waals surface area (Å²) in [4.78, 5) is 26.5. The van der Waals surface area contributed by atoms with Gasteiger partial charge in [0, 0.05) is 38.4 Å². The Kier molecular flexibility index (Phi) is 7.06. The minimum Gasteiger partial charge on any atom is -0.444 e. The SMILES string of the molecule is Cc1cc(C(=O)OC(C(=O)Nc2cc(Cl)cc(Cl)c2)c2ccccc2)c(C)n1-c1ccccc1. The summed E-state index contributed by atoms with van der Waals surface area (Å²) in [5, 5.41) is 3.50. The Morgan fingerprint density at radius 3 is 2.06 bits per heavy atom. The minimum atomic E-state index is -1.17. The second-order valence-corrected chi connectivity index (χ2v) is 8.67. The van der Waals surface area contributed by atoms with Crippen molar-refractivity contribution < 1.29 is 14.3 Å². The summed E-state index contributed by atoms with van der Waals surface area (Å²) in [6.45, 7) is 3.77. The highest BCUT2D eigenvalue weighted by Crippen LogP contribution is 2.27. The highest BCUT2D eigenvalue weighted by molar-refractivity contribution is 6.35. The summed E-state index contributed by atoms with van der Waals surface area (Å²) in [6, 6.07) is 25.1. The maximum Gasteiger partial charge on any atom is 0.341 e. The molecule has 5 nitrogen and oxygen atoms in total. The Hall–Kier alpha value is -3.54. The number of benzene rings is 3. The van der Waals surface area contributed by atoms with Gasteiger partial charge in [-0.05, 0) is 50.2 Å². The maximum atomic E-state index is 13.3. The number of nitrogens with zero attached hydrogens (tertiary/aromatic N) is 1. The number of carbonyl (C=O) groups excluding carboxylic acids is 2. The van der Waals surface area contributed by atoms with Crippen LogP contribution in [-0.4, -0.2) is 16.4 Å². The van der Waals surface area contributed by atoms with Gasteiger partial charge in [-0.2, -0.15) is 0 Å². The molecule has 0 aliphatic carbocycles. The highest BCUT2D eigenvalue weighted by Gasteiger charge is 2.28. The number of para-hydroxylation sites is 1. The molecule has 1 heterocycles. The van der Waals surface area contributed by atoms with E-state index >= 15 is 0 Å². The van der Waals surface area contributed by atoms with Gasteiger partial charge in [0.2, 0.25) is 6.10 Å². The molecule has 4 rings (SSSR count).